The molecule has 94 valence electrons. The van der Waals surface area contributed by atoms with Crippen LogP contribution in [0.1, 0.15) is 35.9 Å². The van der Waals surface area contributed by atoms with Crippen molar-refractivity contribution in [3.63, 3.8) is 0 Å². The Balaban J connectivity index is 1.89. The molecule has 0 bridgehead atoms. The summed E-state index contributed by atoms with van der Waals surface area (Å²) >= 11 is 0. The van der Waals surface area contributed by atoms with E-state index in [0.717, 1.165) is 30.2 Å². The van der Waals surface area contributed by atoms with E-state index in [9.17, 15) is 0 Å². The topological polar surface area (TPSA) is 38.1 Å². The monoisotopic (exact) mass is 242 g/mol. The summed E-state index contributed by atoms with van der Waals surface area (Å²) in [7, 11) is 0. The lowest BCUT2D eigenvalue weighted by molar-refractivity contribution is 0.437. The van der Waals surface area contributed by atoms with Crippen LogP contribution in [-0.4, -0.2) is 11.5 Å². The summed E-state index contributed by atoms with van der Waals surface area (Å²) in [6.45, 7) is 5.30. The van der Waals surface area contributed by atoms with Gasteiger partial charge in [-0.25, -0.2) is 4.98 Å². The summed E-state index contributed by atoms with van der Waals surface area (Å²) in [6.07, 6.45) is 4.15. The first-order valence-electron chi connectivity index (χ1n) is 6.51. The standard InChI is InChI=1S/C15H18N2O/c1-10-5-6-12(8-11(10)2)14-9-17-15(18-14)13-4-3-7-16-13/h5-6,8-9,13,16H,3-4,7H2,1-2H3. The molecule has 0 aliphatic carbocycles. The molecule has 1 fully saturated rings. The lowest BCUT2D eigenvalue weighted by atomic mass is 10.1. The van der Waals surface area contributed by atoms with Crippen LogP contribution in [-0.2, 0) is 0 Å². The molecule has 0 amide bonds. The molecule has 1 aromatic carbocycles. The Kier molecular flexibility index (Phi) is 2.92. The zero-order chi connectivity index (χ0) is 12.5. The minimum atomic E-state index is 0.297. The average molecular weight is 242 g/mol. The Morgan fingerprint density at radius 2 is 2.17 bits per heavy atom. The second-order valence-corrected chi connectivity index (χ2v) is 5.01. The second kappa shape index (κ2) is 4.58. The molecule has 0 radical (unpaired) electrons. The molecular weight excluding hydrogens is 224 g/mol. The quantitative estimate of drug-likeness (QED) is 0.877. The number of benzene rings is 1. The maximum absolute atomic E-state index is 5.87. The molecule has 0 spiro atoms. The van der Waals surface area contributed by atoms with Crippen LogP contribution in [0.3, 0.4) is 0 Å². The van der Waals surface area contributed by atoms with E-state index in [2.05, 4.69) is 42.3 Å². The third-order valence-electron chi connectivity index (χ3n) is 3.67. The molecule has 1 aromatic heterocycles. The highest BCUT2D eigenvalue weighted by molar-refractivity contribution is 5.58. The molecule has 1 aliphatic rings. The Bertz CT molecular complexity index is 553. The first kappa shape index (κ1) is 11.5. The average Bonchev–Trinajstić information content (AvgIpc) is 3.01. The smallest absolute Gasteiger partial charge is 0.212 e. The normalized spacial score (nSPS) is 19.3. The Labute approximate surface area is 107 Å². The van der Waals surface area contributed by atoms with Gasteiger partial charge in [-0.05, 0) is 50.4 Å². The molecule has 1 N–H and O–H groups in total. The maximum atomic E-state index is 5.87. The molecule has 0 saturated carbocycles. The number of rotatable bonds is 2. The van der Waals surface area contributed by atoms with Gasteiger partial charge < -0.3 is 9.73 Å². The highest BCUT2D eigenvalue weighted by Crippen LogP contribution is 2.28. The fourth-order valence-corrected chi connectivity index (χ4v) is 2.37. The molecule has 3 heteroatoms. The zero-order valence-electron chi connectivity index (χ0n) is 10.9. The van der Waals surface area contributed by atoms with E-state index >= 15 is 0 Å². The van der Waals surface area contributed by atoms with Crippen LogP contribution in [0.25, 0.3) is 11.3 Å². The van der Waals surface area contributed by atoms with Gasteiger partial charge in [-0.2, -0.15) is 0 Å². The molecule has 2 heterocycles. The van der Waals surface area contributed by atoms with Crippen LogP contribution in [0.2, 0.25) is 0 Å². The lowest BCUT2D eigenvalue weighted by Crippen LogP contribution is -2.12. The Hall–Kier alpha value is -1.61. The molecule has 18 heavy (non-hydrogen) atoms. The van der Waals surface area contributed by atoms with E-state index < -0.39 is 0 Å². The van der Waals surface area contributed by atoms with Gasteiger partial charge in [-0.3, -0.25) is 0 Å². The molecule has 3 rings (SSSR count). The summed E-state index contributed by atoms with van der Waals surface area (Å²) in [5, 5.41) is 3.40. The summed E-state index contributed by atoms with van der Waals surface area (Å²) in [5.74, 6) is 1.68. The van der Waals surface area contributed by atoms with E-state index in [-0.39, 0.29) is 0 Å². The van der Waals surface area contributed by atoms with Crippen LogP contribution in [0.4, 0.5) is 0 Å². The zero-order valence-corrected chi connectivity index (χ0v) is 10.9. The third-order valence-corrected chi connectivity index (χ3v) is 3.67. The molecule has 3 nitrogen and oxygen atoms in total. The molecule has 2 aromatic rings. The minimum Gasteiger partial charge on any atom is -0.439 e. The number of oxazole rings is 1. The van der Waals surface area contributed by atoms with Gasteiger partial charge in [0.25, 0.3) is 0 Å². The van der Waals surface area contributed by atoms with Gasteiger partial charge in [0.1, 0.15) is 0 Å². The van der Waals surface area contributed by atoms with Crippen LogP contribution in [0.5, 0.6) is 0 Å². The molecule has 1 saturated heterocycles. The van der Waals surface area contributed by atoms with E-state index in [0.29, 0.717) is 6.04 Å². The largest absolute Gasteiger partial charge is 0.439 e. The van der Waals surface area contributed by atoms with E-state index in [1.807, 2.05) is 6.20 Å². The molecular formula is C15H18N2O. The van der Waals surface area contributed by atoms with Crippen LogP contribution in [0, 0.1) is 13.8 Å². The number of nitrogens with zero attached hydrogens (tertiary/aromatic N) is 1. The second-order valence-electron chi connectivity index (χ2n) is 5.01. The first-order chi connectivity index (χ1) is 8.74. The summed E-state index contributed by atoms with van der Waals surface area (Å²) in [5.41, 5.74) is 3.69. The number of aromatic nitrogens is 1. The molecule has 1 atom stereocenters. The van der Waals surface area contributed by atoms with E-state index in [4.69, 9.17) is 4.42 Å². The van der Waals surface area contributed by atoms with Crippen molar-refractivity contribution in [2.75, 3.05) is 6.54 Å². The van der Waals surface area contributed by atoms with Crippen molar-refractivity contribution in [2.24, 2.45) is 0 Å². The van der Waals surface area contributed by atoms with Gasteiger partial charge in [0.05, 0.1) is 12.2 Å². The minimum absolute atomic E-state index is 0.297. The van der Waals surface area contributed by atoms with E-state index in [1.165, 1.54) is 17.5 Å². The van der Waals surface area contributed by atoms with Crippen molar-refractivity contribution in [3.05, 3.63) is 41.4 Å². The molecule has 1 aliphatic heterocycles. The van der Waals surface area contributed by atoms with Gasteiger partial charge in [-0.1, -0.05) is 12.1 Å². The lowest BCUT2D eigenvalue weighted by Gasteiger charge is -2.04. The SMILES string of the molecule is Cc1ccc(-c2cnc(C3CCCN3)o2)cc1C. The molecule has 1 unspecified atom stereocenters. The van der Waals surface area contributed by atoms with Crippen molar-refractivity contribution in [2.45, 2.75) is 32.7 Å². The van der Waals surface area contributed by atoms with Crippen LogP contribution < -0.4 is 5.32 Å². The van der Waals surface area contributed by atoms with Crippen LogP contribution >= 0.6 is 0 Å². The summed E-state index contributed by atoms with van der Waals surface area (Å²) in [4.78, 5) is 4.40. The van der Waals surface area contributed by atoms with Crippen molar-refractivity contribution in [1.82, 2.24) is 10.3 Å². The van der Waals surface area contributed by atoms with Gasteiger partial charge in [0, 0.05) is 5.56 Å². The number of nitrogens with one attached hydrogen (secondary N) is 1. The highest BCUT2D eigenvalue weighted by atomic mass is 16.4. The van der Waals surface area contributed by atoms with Gasteiger partial charge in [-0.15, -0.1) is 0 Å². The van der Waals surface area contributed by atoms with Gasteiger partial charge >= 0.3 is 0 Å². The number of hydrogen-bond donors (Lipinski definition) is 1. The maximum Gasteiger partial charge on any atom is 0.212 e. The Morgan fingerprint density at radius 3 is 2.89 bits per heavy atom. The number of aryl methyl sites for hydroxylation is 2. The van der Waals surface area contributed by atoms with Crippen molar-refractivity contribution >= 4 is 0 Å². The summed E-state index contributed by atoms with van der Waals surface area (Å²) in [6, 6.07) is 6.67. The number of hydrogen-bond acceptors (Lipinski definition) is 3. The van der Waals surface area contributed by atoms with Gasteiger partial charge in [0.2, 0.25) is 5.89 Å². The fourth-order valence-electron chi connectivity index (χ4n) is 2.37. The van der Waals surface area contributed by atoms with Crippen molar-refractivity contribution < 1.29 is 4.42 Å². The fraction of sp³-hybridized carbons (Fsp3) is 0.400. The van der Waals surface area contributed by atoms with Gasteiger partial charge in [0.15, 0.2) is 5.76 Å². The van der Waals surface area contributed by atoms with Crippen molar-refractivity contribution in [1.29, 1.82) is 0 Å². The Morgan fingerprint density at radius 1 is 1.28 bits per heavy atom. The predicted octanol–water partition coefficient (Wildman–Crippen LogP) is 3.38. The predicted molar refractivity (Wildman–Crippen MR) is 71.4 cm³/mol. The summed E-state index contributed by atoms with van der Waals surface area (Å²) < 4.78 is 5.87. The first-order valence-corrected chi connectivity index (χ1v) is 6.51. The van der Waals surface area contributed by atoms with Crippen LogP contribution in [0.15, 0.2) is 28.8 Å². The van der Waals surface area contributed by atoms with E-state index in [1.54, 1.807) is 0 Å². The third kappa shape index (κ3) is 2.06. The van der Waals surface area contributed by atoms with Crippen molar-refractivity contribution in [3.8, 4) is 11.3 Å². The highest BCUT2D eigenvalue weighted by Gasteiger charge is 2.21.